The molecule has 114 valence electrons. The molecule has 0 aliphatic carbocycles. The quantitative estimate of drug-likeness (QED) is 0.465. The van der Waals surface area contributed by atoms with Gasteiger partial charge < -0.3 is 5.32 Å². The number of amides is 1. The highest BCUT2D eigenvalue weighted by Gasteiger charge is 1.98. The van der Waals surface area contributed by atoms with Gasteiger partial charge >= 0.3 is 0 Å². The Morgan fingerprint density at radius 3 is 1.95 bits per heavy atom. The van der Waals surface area contributed by atoms with E-state index in [1.807, 2.05) is 6.92 Å². The first-order chi connectivity index (χ1) is 9.16. The van der Waals surface area contributed by atoms with E-state index in [1.54, 1.807) is 0 Å². The first-order valence-electron chi connectivity index (χ1n) is 8.43. The molecule has 0 unspecified atom stereocenters. The second-order valence-corrected chi connectivity index (χ2v) is 6.11. The molecule has 0 saturated carbocycles. The van der Waals surface area contributed by atoms with Gasteiger partial charge in [0.05, 0.1) is 0 Å². The fourth-order valence-electron chi connectivity index (χ4n) is 2.28. The van der Waals surface area contributed by atoms with Crippen molar-refractivity contribution in [2.75, 3.05) is 6.54 Å². The van der Waals surface area contributed by atoms with Crippen LogP contribution in [-0.4, -0.2) is 12.5 Å². The summed E-state index contributed by atoms with van der Waals surface area (Å²) in [5.41, 5.74) is 0. The molecular weight excluding hydrogens is 234 g/mol. The Bertz CT molecular complexity index is 201. The van der Waals surface area contributed by atoms with Gasteiger partial charge in [-0.25, -0.2) is 0 Å². The molecule has 2 nitrogen and oxygen atoms in total. The number of unbranched alkanes of at least 4 members (excludes halogenated alkanes) is 7. The van der Waals surface area contributed by atoms with Crippen molar-refractivity contribution in [2.45, 2.75) is 91.4 Å². The summed E-state index contributed by atoms with van der Waals surface area (Å²) in [4.78, 5) is 11.2. The molecule has 1 amide bonds. The summed E-state index contributed by atoms with van der Waals surface area (Å²) >= 11 is 0. The lowest BCUT2D eigenvalue weighted by Gasteiger charge is -2.05. The summed E-state index contributed by atoms with van der Waals surface area (Å²) in [7, 11) is 0. The second-order valence-electron chi connectivity index (χ2n) is 6.11. The molecule has 0 radical (unpaired) electrons. The van der Waals surface area contributed by atoms with Gasteiger partial charge in [-0.1, -0.05) is 72.1 Å². The van der Waals surface area contributed by atoms with Crippen LogP contribution in [0, 0.1) is 5.92 Å². The molecule has 0 aliphatic heterocycles. The summed E-state index contributed by atoms with van der Waals surface area (Å²) in [6.07, 6.45) is 13.7. The van der Waals surface area contributed by atoms with E-state index in [9.17, 15) is 4.79 Å². The van der Waals surface area contributed by atoms with Crippen molar-refractivity contribution in [3.8, 4) is 0 Å². The molecule has 0 aromatic rings. The normalized spacial score (nSPS) is 10.9. The van der Waals surface area contributed by atoms with E-state index in [-0.39, 0.29) is 5.91 Å². The van der Waals surface area contributed by atoms with E-state index < -0.39 is 0 Å². The molecule has 0 aliphatic rings. The molecule has 0 fully saturated rings. The third-order valence-electron chi connectivity index (χ3n) is 3.51. The maximum atomic E-state index is 11.2. The van der Waals surface area contributed by atoms with Crippen LogP contribution >= 0.6 is 0 Å². The second kappa shape index (κ2) is 13.9. The molecule has 0 aromatic heterocycles. The molecule has 0 saturated heterocycles. The van der Waals surface area contributed by atoms with Crippen molar-refractivity contribution in [3.05, 3.63) is 0 Å². The van der Waals surface area contributed by atoms with Gasteiger partial charge in [-0.05, 0) is 18.8 Å². The Hall–Kier alpha value is -0.530. The van der Waals surface area contributed by atoms with E-state index in [0.29, 0.717) is 6.42 Å². The van der Waals surface area contributed by atoms with Crippen molar-refractivity contribution >= 4 is 5.91 Å². The minimum Gasteiger partial charge on any atom is -0.356 e. The summed E-state index contributed by atoms with van der Waals surface area (Å²) in [5, 5.41) is 2.97. The van der Waals surface area contributed by atoms with Crippen molar-refractivity contribution in [1.82, 2.24) is 5.32 Å². The highest BCUT2D eigenvalue weighted by atomic mass is 16.1. The minimum atomic E-state index is 0.215. The van der Waals surface area contributed by atoms with Crippen LogP contribution in [0.3, 0.4) is 0 Å². The standard InChI is InChI=1S/C17H35NO/c1-4-13-17(19)18-15-12-10-8-6-5-7-9-11-14-16(2)3/h16H,4-15H2,1-3H3,(H,18,19). The van der Waals surface area contributed by atoms with Crippen molar-refractivity contribution in [1.29, 1.82) is 0 Å². The van der Waals surface area contributed by atoms with Gasteiger partial charge in [0.15, 0.2) is 0 Å². The molecule has 0 atom stereocenters. The van der Waals surface area contributed by atoms with E-state index in [2.05, 4.69) is 19.2 Å². The largest absolute Gasteiger partial charge is 0.356 e. The van der Waals surface area contributed by atoms with Crippen LogP contribution < -0.4 is 5.32 Å². The van der Waals surface area contributed by atoms with Gasteiger partial charge in [0.1, 0.15) is 0 Å². The van der Waals surface area contributed by atoms with Gasteiger partial charge in [0.25, 0.3) is 0 Å². The van der Waals surface area contributed by atoms with Crippen LogP contribution in [0.2, 0.25) is 0 Å². The number of rotatable bonds is 13. The zero-order valence-electron chi connectivity index (χ0n) is 13.5. The predicted molar refractivity (Wildman–Crippen MR) is 84.3 cm³/mol. The van der Waals surface area contributed by atoms with Gasteiger partial charge in [-0.2, -0.15) is 0 Å². The monoisotopic (exact) mass is 269 g/mol. The Balaban J connectivity index is 3.05. The maximum Gasteiger partial charge on any atom is 0.219 e. The van der Waals surface area contributed by atoms with Gasteiger partial charge in [-0.15, -0.1) is 0 Å². The first kappa shape index (κ1) is 18.5. The molecule has 1 N–H and O–H groups in total. The predicted octanol–water partition coefficient (Wildman–Crippen LogP) is 5.07. The summed E-state index contributed by atoms with van der Waals surface area (Å²) < 4.78 is 0. The maximum absolute atomic E-state index is 11.2. The average Bonchev–Trinajstić information content (AvgIpc) is 2.36. The molecule has 2 heteroatoms. The summed E-state index contributed by atoms with van der Waals surface area (Å²) in [5.74, 6) is 1.08. The smallest absolute Gasteiger partial charge is 0.219 e. The lowest BCUT2D eigenvalue weighted by atomic mass is 10.0. The SMILES string of the molecule is CCCC(=O)NCCCCCCCCCCC(C)C. The first-order valence-corrected chi connectivity index (χ1v) is 8.43. The Kier molecular flexibility index (Phi) is 13.5. The van der Waals surface area contributed by atoms with E-state index in [1.165, 1.54) is 51.4 Å². The van der Waals surface area contributed by atoms with Crippen LogP contribution in [0.4, 0.5) is 0 Å². The van der Waals surface area contributed by atoms with Gasteiger partial charge in [0, 0.05) is 13.0 Å². The van der Waals surface area contributed by atoms with E-state index in [4.69, 9.17) is 0 Å². The highest BCUT2D eigenvalue weighted by Crippen LogP contribution is 2.12. The summed E-state index contributed by atoms with van der Waals surface area (Å²) in [6, 6.07) is 0. The number of carbonyl (C=O) groups is 1. The van der Waals surface area contributed by atoms with Crippen LogP contribution in [0.1, 0.15) is 91.4 Å². The molecule has 0 bridgehead atoms. The average molecular weight is 269 g/mol. The topological polar surface area (TPSA) is 29.1 Å². The molecule has 0 heterocycles. The number of nitrogens with one attached hydrogen (secondary N) is 1. The zero-order chi connectivity index (χ0) is 14.3. The van der Waals surface area contributed by atoms with Crippen molar-refractivity contribution in [2.24, 2.45) is 5.92 Å². The fraction of sp³-hybridized carbons (Fsp3) is 0.941. The fourth-order valence-corrected chi connectivity index (χ4v) is 2.28. The molecular formula is C17H35NO. The van der Waals surface area contributed by atoms with Gasteiger partial charge in [-0.3, -0.25) is 4.79 Å². The van der Waals surface area contributed by atoms with Crippen LogP contribution in [0.15, 0.2) is 0 Å². The third-order valence-corrected chi connectivity index (χ3v) is 3.51. The van der Waals surface area contributed by atoms with Crippen LogP contribution in [-0.2, 0) is 4.79 Å². The van der Waals surface area contributed by atoms with Gasteiger partial charge in [0.2, 0.25) is 5.91 Å². The van der Waals surface area contributed by atoms with Crippen molar-refractivity contribution in [3.63, 3.8) is 0 Å². The Morgan fingerprint density at radius 1 is 0.895 bits per heavy atom. The Morgan fingerprint density at radius 2 is 1.42 bits per heavy atom. The van der Waals surface area contributed by atoms with E-state index >= 15 is 0 Å². The molecule has 0 rings (SSSR count). The number of hydrogen-bond donors (Lipinski definition) is 1. The lowest BCUT2D eigenvalue weighted by molar-refractivity contribution is -0.121. The van der Waals surface area contributed by atoms with Crippen LogP contribution in [0.5, 0.6) is 0 Å². The Labute approximate surface area is 120 Å². The van der Waals surface area contributed by atoms with E-state index in [0.717, 1.165) is 25.3 Å². The minimum absolute atomic E-state index is 0.215. The molecule has 0 aromatic carbocycles. The summed E-state index contributed by atoms with van der Waals surface area (Å²) in [6.45, 7) is 7.52. The van der Waals surface area contributed by atoms with Crippen molar-refractivity contribution < 1.29 is 4.79 Å². The third kappa shape index (κ3) is 15.4. The molecule has 19 heavy (non-hydrogen) atoms. The zero-order valence-corrected chi connectivity index (χ0v) is 13.5. The number of carbonyl (C=O) groups excluding carboxylic acids is 1. The van der Waals surface area contributed by atoms with Crippen LogP contribution in [0.25, 0.3) is 0 Å². The highest BCUT2D eigenvalue weighted by molar-refractivity contribution is 5.75. The molecule has 0 spiro atoms. The number of hydrogen-bond acceptors (Lipinski definition) is 1. The lowest BCUT2D eigenvalue weighted by Crippen LogP contribution is -2.23.